The van der Waals surface area contributed by atoms with Gasteiger partial charge in [0.2, 0.25) is 0 Å². The number of nitrogens with two attached hydrogens (primary N) is 1. The molecule has 98 valence electrons. The van der Waals surface area contributed by atoms with Crippen LogP contribution in [0.4, 0.5) is 5.82 Å². The summed E-state index contributed by atoms with van der Waals surface area (Å²) in [6.45, 7) is 4.26. The molecular weight excluding hydrogens is 306 g/mol. The van der Waals surface area contributed by atoms with Crippen molar-refractivity contribution in [3.63, 3.8) is 0 Å². The second kappa shape index (κ2) is 4.38. The number of halogens is 1. The Hall–Kier alpha value is -1.82. The zero-order chi connectivity index (χ0) is 13.6. The van der Waals surface area contributed by atoms with E-state index in [1.54, 1.807) is 6.20 Å². The average Bonchev–Trinajstić information content (AvgIpc) is 2.91. The molecular formula is C13H14BrN5. The number of imidazole rings is 1. The van der Waals surface area contributed by atoms with E-state index in [1.807, 2.05) is 12.1 Å². The van der Waals surface area contributed by atoms with Crippen molar-refractivity contribution in [3.05, 3.63) is 28.9 Å². The number of fused-ring (bicyclic) bond motifs is 1. The molecule has 0 aliphatic heterocycles. The third-order valence-corrected chi connectivity index (χ3v) is 3.57. The number of anilines is 1. The fraction of sp³-hybridized carbons (Fsp3) is 0.231. The Bertz CT molecular complexity index is 741. The Balaban J connectivity index is 2.35. The molecule has 0 bridgehead atoms. The van der Waals surface area contributed by atoms with Gasteiger partial charge in [-0.25, -0.2) is 4.98 Å². The van der Waals surface area contributed by atoms with Gasteiger partial charge in [0, 0.05) is 10.5 Å². The van der Waals surface area contributed by atoms with Gasteiger partial charge in [0.25, 0.3) is 0 Å². The lowest BCUT2D eigenvalue weighted by Gasteiger charge is -2.12. The second-order valence-electron chi connectivity index (χ2n) is 4.73. The Morgan fingerprint density at radius 1 is 1.37 bits per heavy atom. The standard InChI is InChI=1S/C13H14BrN5/c1-7(2)19-11-4-3-8(14)5-10(11)17-13(19)9-6-16-18-12(9)15/h3-7H,1-2H3,(H3,15,16,18). The molecule has 6 heteroatoms. The van der Waals surface area contributed by atoms with Gasteiger partial charge >= 0.3 is 0 Å². The van der Waals surface area contributed by atoms with Crippen molar-refractivity contribution >= 4 is 32.8 Å². The molecule has 0 fully saturated rings. The summed E-state index contributed by atoms with van der Waals surface area (Å²) >= 11 is 3.47. The Labute approximate surface area is 119 Å². The molecule has 0 saturated carbocycles. The monoisotopic (exact) mass is 319 g/mol. The third kappa shape index (κ3) is 1.92. The van der Waals surface area contributed by atoms with Gasteiger partial charge in [0.1, 0.15) is 11.6 Å². The lowest BCUT2D eigenvalue weighted by molar-refractivity contribution is 0.624. The molecule has 0 radical (unpaired) electrons. The zero-order valence-electron chi connectivity index (χ0n) is 10.7. The van der Waals surface area contributed by atoms with Crippen molar-refractivity contribution in [2.75, 3.05) is 5.73 Å². The molecule has 2 heterocycles. The Morgan fingerprint density at radius 2 is 2.16 bits per heavy atom. The number of rotatable bonds is 2. The van der Waals surface area contributed by atoms with Gasteiger partial charge in [-0.1, -0.05) is 15.9 Å². The molecule has 0 aliphatic rings. The van der Waals surface area contributed by atoms with Crippen LogP contribution in [0.1, 0.15) is 19.9 Å². The maximum Gasteiger partial charge on any atom is 0.146 e. The molecule has 1 aromatic carbocycles. The summed E-state index contributed by atoms with van der Waals surface area (Å²) in [4.78, 5) is 4.69. The first kappa shape index (κ1) is 12.2. The van der Waals surface area contributed by atoms with Crippen LogP contribution in [-0.2, 0) is 0 Å². The fourth-order valence-electron chi connectivity index (χ4n) is 2.26. The molecule has 0 aliphatic carbocycles. The molecule has 0 amide bonds. The lowest BCUT2D eigenvalue weighted by Crippen LogP contribution is -2.03. The van der Waals surface area contributed by atoms with E-state index < -0.39 is 0 Å². The number of nitrogen functional groups attached to an aromatic ring is 1. The molecule has 0 atom stereocenters. The largest absolute Gasteiger partial charge is 0.383 e. The van der Waals surface area contributed by atoms with E-state index in [-0.39, 0.29) is 6.04 Å². The third-order valence-electron chi connectivity index (χ3n) is 3.08. The summed E-state index contributed by atoms with van der Waals surface area (Å²) in [5, 5.41) is 6.73. The van der Waals surface area contributed by atoms with Crippen LogP contribution in [0.15, 0.2) is 28.9 Å². The summed E-state index contributed by atoms with van der Waals surface area (Å²) in [6.07, 6.45) is 1.71. The summed E-state index contributed by atoms with van der Waals surface area (Å²) in [6, 6.07) is 6.38. The van der Waals surface area contributed by atoms with Crippen LogP contribution in [0, 0.1) is 0 Å². The second-order valence-corrected chi connectivity index (χ2v) is 5.65. The van der Waals surface area contributed by atoms with Gasteiger partial charge in [0.05, 0.1) is 22.8 Å². The summed E-state index contributed by atoms with van der Waals surface area (Å²) in [7, 11) is 0. The highest BCUT2D eigenvalue weighted by Crippen LogP contribution is 2.31. The summed E-state index contributed by atoms with van der Waals surface area (Å²) in [5.41, 5.74) is 8.78. The van der Waals surface area contributed by atoms with Crippen LogP contribution in [0.2, 0.25) is 0 Å². The van der Waals surface area contributed by atoms with E-state index >= 15 is 0 Å². The van der Waals surface area contributed by atoms with Crippen molar-refractivity contribution in [3.8, 4) is 11.4 Å². The van der Waals surface area contributed by atoms with Crippen LogP contribution in [0.25, 0.3) is 22.4 Å². The first-order chi connectivity index (χ1) is 9.08. The van der Waals surface area contributed by atoms with E-state index in [9.17, 15) is 0 Å². The molecule has 3 N–H and O–H groups in total. The number of hydrogen-bond acceptors (Lipinski definition) is 3. The van der Waals surface area contributed by atoms with Gasteiger partial charge in [-0.3, -0.25) is 5.10 Å². The molecule has 5 nitrogen and oxygen atoms in total. The highest BCUT2D eigenvalue weighted by molar-refractivity contribution is 9.10. The van der Waals surface area contributed by atoms with Gasteiger partial charge in [-0.15, -0.1) is 0 Å². The van der Waals surface area contributed by atoms with Crippen LogP contribution in [0.3, 0.4) is 0 Å². The maximum atomic E-state index is 5.91. The predicted octanol–water partition coefficient (Wildman–Crippen LogP) is 3.35. The normalized spacial score (nSPS) is 11.6. The molecule has 2 aromatic heterocycles. The highest BCUT2D eigenvalue weighted by Gasteiger charge is 2.17. The van der Waals surface area contributed by atoms with Crippen molar-refractivity contribution in [2.45, 2.75) is 19.9 Å². The number of nitrogens with zero attached hydrogens (tertiary/aromatic N) is 3. The van der Waals surface area contributed by atoms with E-state index in [1.165, 1.54) is 0 Å². The van der Waals surface area contributed by atoms with E-state index in [0.717, 1.165) is 26.9 Å². The minimum Gasteiger partial charge on any atom is -0.383 e. The van der Waals surface area contributed by atoms with E-state index in [2.05, 4.69) is 50.6 Å². The molecule has 0 spiro atoms. The van der Waals surface area contributed by atoms with Gasteiger partial charge < -0.3 is 10.3 Å². The molecule has 19 heavy (non-hydrogen) atoms. The maximum absolute atomic E-state index is 5.91. The smallest absolute Gasteiger partial charge is 0.146 e. The van der Waals surface area contributed by atoms with E-state index in [4.69, 9.17) is 10.7 Å². The number of benzene rings is 1. The summed E-state index contributed by atoms with van der Waals surface area (Å²) < 4.78 is 3.18. The van der Waals surface area contributed by atoms with Crippen LogP contribution >= 0.6 is 15.9 Å². The first-order valence-electron chi connectivity index (χ1n) is 6.04. The van der Waals surface area contributed by atoms with Gasteiger partial charge in [-0.05, 0) is 32.0 Å². The number of aromatic nitrogens is 4. The quantitative estimate of drug-likeness (QED) is 0.760. The number of nitrogens with one attached hydrogen (secondary N) is 1. The Morgan fingerprint density at radius 3 is 2.79 bits per heavy atom. The number of H-pyrrole nitrogens is 1. The Kier molecular flexibility index (Phi) is 2.82. The van der Waals surface area contributed by atoms with Crippen molar-refractivity contribution in [1.29, 1.82) is 0 Å². The van der Waals surface area contributed by atoms with Crippen LogP contribution in [-0.4, -0.2) is 19.7 Å². The minimum atomic E-state index is 0.287. The number of aromatic amines is 1. The average molecular weight is 320 g/mol. The molecule has 3 rings (SSSR count). The lowest BCUT2D eigenvalue weighted by atomic mass is 10.2. The predicted molar refractivity (Wildman–Crippen MR) is 79.8 cm³/mol. The van der Waals surface area contributed by atoms with Crippen LogP contribution in [0.5, 0.6) is 0 Å². The van der Waals surface area contributed by atoms with Crippen LogP contribution < -0.4 is 5.73 Å². The molecule has 0 unspecified atom stereocenters. The van der Waals surface area contributed by atoms with Crippen molar-refractivity contribution in [2.24, 2.45) is 0 Å². The topological polar surface area (TPSA) is 72.5 Å². The van der Waals surface area contributed by atoms with Gasteiger partial charge in [-0.2, -0.15) is 5.10 Å². The van der Waals surface area contributed by atoms with E-state index in [0.29, 0.717) is 5.82 Å². The molecule has 0 saturated heterocycles. The van der Waals surface area contributed by atoms with Gasteiger partial charge in [0.15, 0.2) is 0 Å². The highest BCUT2D eigenvalue weighted by atomic mass is 79.9. The summed E-state index contributed by atoms with van der Waals surface area (Å²) in [5.74, 6) is 1.38. The SMILES string of the molecule is CC(C)n1c(-c2cn[nH]c2N)nc2cc(Br)ccc21. The minimum absolute atomic E-state index is 0.287. The fourth-order valence-corrected chi connectivity index (χ4v) is 2.61. The first-order valence-corrected chi connectivity index (χ1v) is 6.84. The van der Waals surface area contributed by atoms with Crippen molar-refractivity contribution in [1.82, 2.24) is 19.7 Å². The molecule has 3 aromatic rings. The number of hydrogen-bond donors (Lipinski definition) is 2. The van der Waals surface area contributed by atoms with Crippen molar-refractivity contribution < 1.29 is 0 Å². The zero-order valence-corrected chi connectivity index (χ0v) is 12.3.